The van der Waals surface area contributed by atoms with Crippen molar-refractivity contribution in [3.8, 4) is 16.9 Å². The molecule has 35 heavy (non-hydrogen) atoms. The van der Waals surface area contributed by atoms with Crippen LogP contribution < -0.4 is 10.6 Å². The van der Waals surface area contributed by atoms with E-state index < -0.39 is 0 Å². The van der Waals surface area contributed by atoms with E-state index in [2.05, 4.69) is 27.9 Å². The van der Waals surface area contributed by atoms with Crippen molar-refractivity contribution < 1.29 is 9.53 Å². The third kappa shape index (κ3) is 4.70. The van der Waals surface area contributed by atoms with Crippen LogP contribution >= 0.6 is 0 Å². The SMILES string of the molecule is CO[C@H]1C[C@@H](NC(=O)Nc2c(C)c(-c3cnn(C)c3)nn2-c2ccccc2)[C@H](c2ccccc2)C1. The van der Waals surface area contributed by atoms with E-state index in [0.717, 1.165) is 35.3 Å². The molecular formula is C27H30N6O2. The molecule has 1 saturated carbocycles. The van der Waals surface area contributed by atoms with Crippen molar-refractivity contribution in [2.24, 2.45) is 7.05 Å². The van der Waals surface area contributed by atoms with Gasteiger partial charge in [-0.3, -0.25) is 10.00 Å². The van der Waals surface area contributed by atoms with Crippen molar-refractivity contribution in [2.45, 2.75) is 37.8 Å². The van der Waals surface area contributed by atoms with Gasteiger partial charge in [0.2, 0.25) is 0 Å². The maximum absolute atomic E-state index is 13.3. The van der Waals surface area contributed by atoms with Crippen molar-refractivity contribution in [1.82, 2.24) is 24.9 Å². The van der Waals surface area contributed by atoms with Crippen LogP contribution in [0.5, 0.6) is 0 Å². The number of urea groups is 1. The number of carbonyl (C=O) groups excluding carboxylic acids is 1. The summed E-state index contributed by atoms with van der Waals surface area (Å²) >= 11 is 0. The number of hydrogen-bond acceptors (Lipinski definition) is 4. The highest BCUT2D eigenvalue weighted by Gasteiger charge is 2.36. The third-order valence-corrected chi connectivity index (χ3v) is 6.73. The number of hydrogen-bond donors (Lipinski definition) is 2. The molecular weight excluding hydrogens is 440 g/mol. The number of carbonyl (C=O) groups is 1. The number of nitrogens with zero attached hydrogens (tertiary/aromatic N) is 4. The molecule has 2 aromatic carbocycles. The van der Waals surface area contributed by atoms with Gasteiger partial charge >= 0.3 is 6.03 Å². The Morgan fingerprint density at radius 2 is 1.77 bits per heavy atom. The van der Waals surface area contributed by atoms with Gasteiger partial charge in [0.05, 0.1) is 18.0 Å². The highest BCUT2D eigenvalue weighted by atomic mass is 16.5. The Bertz CT molecular complexity index is 1300. The molecule has 0 saturated heterocycles. The standard InChI is InChI=1S/C27H30N6O2/c1-18-25(20-16-28-32(2)17-20)31-33(21-12-8-5-9-13-21)26(18)30-27(34)29-24-15-22(35-3)14-23(24)19-10-6-4-7-11-19/h4-13,16-17,22-24H,14-15H2,1-3H3,(H2,29,30,34)/t22-,23+,24-/m1/s1. The molecule has 2 aromatic heterocycles. The highest BCUT2D eigenvalue weighted by molar-refractivity contribution is 5.91. The predicted molar refractivity (Wildman–Crippen MR) is 136 cm³/mol. The average Bonchev–Trinajstić information content (AvgIpc) is 3.58. The molecule has 8 heteroatoms. The quantitative estimate of drug-likeness (QED) is 0.429. The maximum Gasteiger partial charge on any atom is 0.320 e. The summed E-state index contributed by atoms with van der Waals surface area (Å²) in [5.41, 5.74) is 4.62. The summed E-state index contributed by atoms with van der Waals surface area (Å²) in [7, 11) is 3.61. The van der Waals surface area contributed by atoms with E-state index >= 15 is 0 Å². The number of ether oxygens (including phenoxy) is 1. The second kappa shape index (κ2) is 9.76. The fourth-order valence-corrected chi connectivity index (χ4v) is 4.94. The lowest BCUT2D eigenvalue weighted by molar-refractivity contribution is 0.106. The Balaban J connectivity index is 1.43. The first-order valence-corrected chi connectivity index (χ1v) is 11.8. The van der Waals surface area contributed by atoms with Gasteiger partial charge in [-0.25, -0.2) is 9.48 Å². The fraction of sp³-hybridized carbons (Fsp3) is 0.296. The van der Waals surface area contributed by atoms with Gasteiger partial charge in [0, 0.05) is 43.4 Å². The lowest BCUT2D eigenvalue weighted by atomic mass is 9.94. The number of anilines is 1. The van der Waals surface area contributed by atoms with Crippen LogP contribution in [0.15, 0.2) is 73.1 Å². The Morgan fingerprint density at radius 1 is 1.06 bits per heavy atom. The normalized spacial score (nSPS) is 19.6. The molecule has 2 amide bonds. The zero-order valence-corrected chi connectivity index (χ0v) is 20.2. The number of methoxy groups -OCH3 is 1. The summed E-state index contributed by atoms with van der Waals surface area (Å²) in [5.74, 6) is 0.822. The van der Waals surface area contributed by atoms with Gasteiger partial charge in [0.25, 0.3) is 0 Å². The molecule has 8 nitrogen and oxygen atoms in total. The number of amides is 2. The highest BCUT2D eigenvalue weighted by Crippen LogP contribution is 2.36. The molecule has 0 aliphatic heterocycles. The van der Waals surface area contributed by atoms with Crippen LogP contribution in [-0.4, -0.2) is 44.8 Å². The molecule has 0 radical (unpaired) electrons. The van der Waals surface area contributed by atoms with Crippen LogP contribution in [0.1, 0.15) is 29.9 Å². The average molecular weight is 471 g/mol. The Morgan fingerprint density at radius 3 is 2.43 bits per heavy atom. The summed E-state index contributed by atoms with van der Waals surface area (Å²) in [6.07, 6.45) is 5.45. The topological polar surface area (TPSA) is 86.0 Å². The second-order valence-electron chi connectivity index (χ2n) is 9.02. The summed E-state index contributed by atoms with van der Waals surface area (Å²) in [4.78, 5) is 13.3. The first kappa shape index (κ1) is 22.9. The maximum atomic E-state index is 13.3. The van der Waals surface area contributed by atoms with Gasteiger partial charge in [-0.05, 0) is 37.5 Å². The molecule has 0 bridgehead atoms. The molecule has 2 N–H and O–H groups in total. The lowest BCUT2D eigenvalue weighted by Gasteiger charge is -2.21. The van der Waals surface area contributed by atoms with E-state index in [0.29, 0.717) is 5.82 Å². The molecule has 0 spiro atoms. The largest absolute Gasteiger partial charge is 0.381 e. The van der Waals surface area contributed by atoms with E-state index in [9.17, 15) is 4.79 Å². The predicted octanol–water partition coefficient (Wildman–Crippen LogP) is 4.66. The van der Waals surface area contributed by atoms with Crippen molar-refractivity contribution >= 4 is 11.8 Å². The summed E-state index contributed by atoms with van der Waals surface area (Å²) < 4.78 is 9.17. The van der Waals surface area contributed by atoms with Crippen LogP contribution in [0.2, 0.25) is 0 Å². The minimum atomic E-state index is -0.259. The second-order valence-corrected chi connectivity index (χ2v) is 9.02. The van der Waals surface area contributed by atoms with Gasteiger partial charge in [-0.2, -0.15) is 10.2 Å². The van der Waals surface area contributed by atoms with Gasteiger partial charge in [-0.1, -0.05) is 48.5 Å². The number of para-hydroxylation sites is 1. The molecule has 0 unspecified atom stereocenters. The number of benzene rings is 2. The number of aromatic nitrogens is 4. The molecule has 2 heterocycles. The van der Waals surface area contributed by atoms with Crippen LogP contribution in [0, 0.1) is 6.92 Å². The third-order valence-electron chi connectivity index (χ3n) is 6.73. The molecule has 4 aromatic rings. The summed E-state index contributed by atoms with van der Waals surface area (Å²) in [5, 5.41) is 15.4. The van der Waals surface area contributed by atoms with Crippen LogP contribution in [0.4, 0.5) is 10.6 Å². The van der Waals surface area contributed by atoms with Gasteiger partial charge in [0.15, 0.2) is 0 Å². The molecule has 1 aliphatic rings. The zero-order valence-electron chi connectivity index (χ0n) is 20.2. The molecule has 1 aliphatic carbocycles. The van der Waals surface area contributed by atoms with Gasteiger partial charge in [-0.15, -0.1) is 0 Å². The first-order chi connectivity index (χ1) is 17.0. The van der Waals surface area contributed by atoms with Crippen molar-refractivity contribution in [2.75, 3.05) is 12.4 Å². The molecule has 1 fully saturated rings. The Hall–Kier alpha value is -3.91. The monoisotopic (exact) mass is 470 g/mol. The Kier molecular flexibility index (Phi) is 6.37. The Labute approximate surface area is 204 Å². The van der Waals surface area contributed by atoms with Gasteiger partial charge in [0.1, 0.15) is 11.5 Å². The van der Waals surface area contributed by atoms with Crippen molar-refractivity contribution in [1.29, 1.82) is 0 Å². The molecule has 5 rings (SSSR count). The van der Waals surface area contributed by atoms with Crippen molar-refractivity contribution in [3.05, 3.63) is 84.2 Å². The number of nitrogens with one attached hydrogen (secondary N) is 2. The van der Waals surface area contributed by atoms with Gasteiger partial charge < -0.3 is 10.1 Å². The smallest absolute Gasteiger partial charge is 0.320 e. The van der Waals surface area contributed by atoms with Crippen molar-refractivity contribution in [3.63, 3.8) is 0 Å². The number of rotatable bonds is 6. The zero-order chi connectivity index (χ0) is 24.4. The summed E-state index contributed by atoms with van der Waals surface area (Å²) in [6, 6.07) is 19.8. The minimum Gasteiger partial charge on any atom is -0.381 e. The minimum absolute atomic E-state index is 0.0338. The summed E-state index contributed by atoms with van der Waals surface area (Å²) in [6.45, 7) is 1.97. The van der Waals surface area contributed by atoms with E-state index in [1.165, 1.54) is 5.56 Å². The van der Waals surface area contributed by atoms with E-state index in [1.807, 2.05) is 68.7 Å². The van der Waals surface area contributed by atoms with E-state index in [1.54, 1.807) is 22.7 Å². The molecule has 3 atom stereocenters. The van der Waals surface area contributed by atoms with Crippen LogP contribution in [0.3, 0.4) is 0 Å². The lowest BCUT2D eigenvalue weighted by Crippen LogP contribution is -2.40. The number of aryl methyl sites for hydroxylation is 1. The molecule has 180 valence electrons. The fourth-order valence-electron chi connectivity index (χ4n) is 4.94. The van der Waals surface area contributed by atoms with Crippen LogP contribution in [-0.2, 0) is 11.8 Å². The van der Waals surface area contributed by atoms with E-state index in [-0.39, 0.29) is 24.1 Å². The first-order valence-electron chi connectivity index (χ1n) is 11.8. The van der Waals surface area contributed by atoms with E-state index in [4.69, 9.17) is 9.84 Å². The van der Waals surface area contributed by atoms with Crippen LogP contribution in [0.25, 0.3) is 16.9 Å².